The van der Waals surface area contributed by atoms with Gasteiger partial charge in [-0.05, 0) is 61.8 Å². The minimum atomic E-state index is -0.511. The highest BCUT2D eigenvalue weighted by Gasteiger charge is 2.33. The van der Waals surface area contributed by atoms with Crippen molar-refractivity contribution in [2.45, 2.75) is 51.5 Å². The molecule has 33 heavy (non-hydrogen) atoms. The molecular formula is C22H33BrN4O6. The Morgan fingerprint density at radius 3 is 1.85 bits per heavy atom. The molecule has 10 nitrogen and oxygen atoms in total. The van der Waals surface area contributed by atoms with Crippen molar-refractivity contribution in [3.05, 3.63) is 41.3 Å². The zero-order valence-electron chi connectivity index (χ0n) is 19.4. The fourth-order valence-electron chi connectivity index (χ4n) is 2.74. The standard InChI is InChI=1S/C11H16N2O3.C6H12O3.C5H5BrN2/c1-11(2)15-7-9(16-11)6-14-10-4-3-8(12)5-13-10;1-6(2)8-4-5(3-7)9-6;6-5-2-1-4(7)3-8-5/h3-5,9H,6-7,12H2,1-2H3;5,7H,3-4H2,1-2H3;1-3H,7H2. The molecule has 2 fully saturated rings. The van der Waals surface area contributed by atoms with Crippen LogP contribution in [0, 0.1) is 0 Å². The van der Waals surface area contributed by atoms with Crippen LogP contribution in [0.3, 0.4) is 0 Å². The summed E-state index contributed by atoms with van der Waals surface area (Å²) < 4.78 is 27.7. The molecule has 2 aromatic heterocycles. The van der Waals surface area contributed by atoms with Gasteiger partial charge in [0.2, 0.25) is 5.88 Å². The second kappa shape index (κ2) is 12.4. The van der Waals surface area contributed by atoms with E-state index in [-0.39, 0.29) is 18.8 Å². The molecule has 4 heterocycles. The van der Waals surface area contributed by atoms with Crippen molar-refractivity contribution in [3.8, 4) is 5.88 Å². The smallest absolute Gasteiger partial charge is 0.213 e. The maximum Gasteiger partial charge on any atom is 0.213 e. The number of aromatic nitrogens is 2. The normalized spacial score (nSPS) is 22.5. The number of nitrogen functional groups attached to an aromatic ring is 2. The lowest BCUT2D eigenvalue weighted by atomic mass is 10.4. The Bertz CT molecular complexity index is 815. The molecule has 0 amide bonds. The minimum absolute atomic E-state index is 0.0451. The van der Waals surface area contributed by atoms with E-state index < -0.39 is 11.6 Å². The average molecular weight is 529 g/mol. The quantitative estimate of drug-likeness (QED) is 0.506. The van der Waals surface area contributed by atoms with E-state index >= 15 is 0 Å². The number of rotatable bonds is 4. The van der Waals surface area contributed by atoms with Gasteiger partial charge in [-0.3, -0.25) is 0 Å². The number of anilines is 2. The highest BCUT2D eigenvalue weighted by atomic mass is 79.9. The van der Waals surface area contributed by atoms with Gasteiger partial charge in [0.05, 0.1) is 43.6 Å². The van der Waals surface area contributed by atoms with Gasteiger partial charge in [0, 0.05) is 6.07 Å². The van der Waals surface area contributed by atoms with E-state index in [0.29, 0.717) is 37.1 Å². The van der Waals surface area contributed by atoms with E-state index in [1.54, 1.807) is 36.7 Å². The molecule has 4 rings (SSSR count). The molecular weight excluding hydrogens is 496 g/mol. The Balaban J connectivity index is 0.000000192. The molecule has 0 aliphatic carbocycles. The van der Waals surface area contributed by atoms with Gasteiger partial charge >= 0.3 is 0 Å². The molecule has 0 aromatic carbocycles. The second-order valence-electron chi connectivity index (χ2n) is 8.24. The van der Waals surface area contributed by atoms with Crippen LogP contribution in [0.15, 0.2) is 41.3 Å². The number of nitrogens with zero attached hydrogens (tertiary/aromatic N) is 2. The van der Waals surface area contributed by atoms with Crippen molar-refractivity contribution < 1.29 is 28.8 Å². The highest BCUT2D eigenvalue weighted by Crippen LogP contribution is 2.23. The molecule has 0 radical (unpaired) electrons. The van der Waals surface area contributed by atoms with Gasteiger partial charge in [-0.25, -0.2) is 9.97 Å². The van der Waals surface area contributed by atoms with E-state index in [9.17, 15) is 0 Å². The highest BCUT2D eigenvalue weighted by molar-refractivity contribution is 9.10. The topological polar surface area (TPSA) is 144 Å². The first-order valence-electron chi connectivity index (χ1n) is 10.4. The Morgan fingerprint density at radius 2 is 1.48 bits per heavy atom. The lowest BCUT2D eigenvalue weighted by Gasteiger charge is -2.17. The molecule has 2 aliphatic heterocycles. The molecule has 11 heteroatoms. The van der Waals surface area contributed by atoms with Gasteiger partial charge in [-0.2, -0.15) is 0 Å². The van der Waals surface area contributed by atoms with E-state index in [1.807, 2.05) is 27.7 Å². The van der Waals surface area contributed by atoms with Crippen LogP contribution in [0.4, 0.5) is 11.4 Å². The molecule has 0 saturated carbocycles. The average Bonchev–Trinajstić information content (AvgIpc) is 3.31. The molecule has 2 saturated heterocycles. The Kier molecular flexibility index (Phi) is 10.3. The fourth-order valence-corrected chi connectivity index (χ4v) is 2.98. The van der Waals surface area contributed by atoms with Gasteiger partial charge in [0.15, 0.2) is 11.6 Å². The van der Waals surface area contributed by atoms with Gasteiger partial charge in [0.25, 0.3) is 0 Å². The number of aliphatic hydroxyl groups is 1. The molecule has 5 N–H and O–H groups in total. The SMILES string of the molecule is CC1(C)OCC(CO)O1.CC1(C)OCC(COc2ccc(N)cn2)O1.Nc1ccc(Br)nc1. The van der Waals surface area contributed by atoms with Crippen molar-refractivity contribution >= 4 is 27.3 Å². The first kappa shape index (κ1) is 27.2. The van der Waals surface area contributed by atoms with Crippen molar-refractivity contribution in [1.82, 2.24) is 9.97 Å². The van der Waals surface area contributed by atoms with Crippen LogP contribution in [-0.2, 0) is 18.9 Å². The van der Waals surface area contributed by atoms with Gasteiger partial charge in [-0.15, -0.1) is 0 Å². The number of hydrogen-bond acceptors (Lipinski definition) is 10. The molecule has 2 unspecified atom stereocenters. The van der Waals surface area contributed by atoms with Crippen LogP contribution in [-0.4, -0.2) is 65.3 Å². The number of hydrogen-bond donors (Lipinski definition) is 3. The summed E-state index contributed by atoms with van der Waals surface area (Å²) in [6.45, 7) is 8.96. The molecule has 0 bridgehead atoms. The van der Waals surface area contributed by atoms with Crippen molar-refractivity contribution in [1.29, 1.82) is 0 Å². The van der Waals surface area contributed by atoms with Crippen LogP contribution >= 0.6 is 15.9 Å². The number of aliphatic hydroxyl groups excluding tert-OH is 1. The maximum atomic E-state index is 8.59. The Morgan fingerprint density at radius 1 is 0.939 bits per heavy atom. The molecule has 2 aliphatic rings. The van der Waals surface area contributed by atoms with Crippen molar-refractivity contribution in [3.63, 3.8) is 0 Å². The molecule has 0 spiro atoms. The monoisotopic (exact) mass is 528 g/mol. The summed E-state index contributed by atoms with van der Waals surface area (Å²) in [5.74, 6) is -0.460. The maximum absolute atomic E-state index is 8.59. The zero-order chi connectivity index (χ0) is 24.5. The van der Waals surface area contributed by atoms with Crippen LogP contribution < -0.4 is 16.2 Å². The number of pyridine rings is 2. The fraction of sp³-hybridized carbons (Fsp3) is 0.545. The molecule has 2 aromatic rings. The van der Waals surface area contributed by atoms with Gasteiger partial charge in [-0.1, -0.05) is 0 Å². The summed E-state index contributed by atoms with van der Waals surface area (Å²) in [5.41, 5.74) is 12.2. The summed E-state index contributed by atoms with van der Waals surface area (Å²) in [5, 5.41) is 8.59. The summed E-state index contributed by atoms with van der Waals surface area (Å²) in [4.78, 5) is 7.90. The minimum Gasteiger partial charge on any atom is -0.475 e. The van der Waals surface area contributed by atoms with Crippen molar-refractivity contribution in [2.75, 3.05) is 37.9 Å². The third kappa shape index (κ3) is 10.6. The van der Waals surface area contributed by atoms with E-state index in [2.05, 4.69) is 25.9 Å². The number of nitrogens with two attached hydrogens (primary N) is 2. The zero-order valence-corrected chi connectivity index (χ0v) is 20.9. The summed E-state index contributed by atoms with van der Waals surface area (Å²) in [7, 11) is 0. The Labute approximate surface area is 202 Å². The third-order valence-electron chi connectivity index (χ3n) is 4.26. The first-order chi connectivity index (χ1) is 15.5. The van der Waals surface area contributed by atoms with Gasteiger partial charge in [0.1, 0.15) is 23.4 Å². The van der Waals surface area contributed by atoms with E-state index in [4.69, 9.17) is 40.3 Å². The van der Waals surface area contributed by atoms with E-state index in [1.165, 1.54) is 0 Å². The predicted octanol–water partition coefficient (Wildman–Crippen LogP) is 2.75. The first-order valence-corrected chi connectivity index (χ1v) is 11.2. The summed E-state index contributed by atoms with van der Waals surface area (Å²) >= 11 is 3.18. The number of halogens is 1. The summed E-state index contributed by atoms with van der Waals surface area (Å²) in [6.07, 6.45) is 2.99. The van der Waals surface area contributed by atoms with Gasteiger partial charge < -0.3 is 40.3 Å². The van der Waals surface area contributed by atoms with Crippen LogP contribution in [0.1, 0.15) is 27.7 Å². The van der Waals surface area contributed by atoms with Crippen molar-refractivity contribution in [2.24, 2.45) is 0 Å². The lowest BCUT2D eigenvalue weighted by Crippen LogP contribution is -2.25. The van der Waals surface area contributed by atoms with Crippen LogP contribution in [0.25, 0.3) is 0 Å². The van der Waals surface area contributed by atoms with Crippen LogP contribution in [0.5, 0.6) is 5.88 Å². The molecule has 2 atom stereocenters. The number of ether oxygens (including phenoxy) is 5. The third-order valence-corrected chi connectivity index (χ3v) is 4.73. The molecule has 184 valence electrons. The second-order valence-corrected chi connectivity index (χ2v) is 9.05. The lowest BCUT2D eigenvalue weighted by molar-refractivity contribution is -0.142. The largest absolute Gasteiger partial charge is 0.475 e. The Hall–Kier alpha value is -2.02. The predicted molar refractivity (Wildman–Crippen MR) is 127 cm³/mol. The summed E-state index contributed by atoms with van der Waals surface area (Å²) in [6, 6.07) is 7.07. The van der Waals surface area contributed by atoms with Crippen LogP contribution in [0.2, 0.25) is 0 Å². The van der Waals surface area contributed by atoms with E-state index in [0.717, 1.165) is 4.60 Å².